The third-order valence-corrected chi connectivity index (χ3v) is 3.76. The molecule has 1 saturated carbocycles. The summed E-state index contributed by atoms with van der Waals surface area (Å²) >= 11 is 0. The summed E-state index contributed by atoms with van der Waals surface area (Å²) in [6.07, 6.45) is 6.93. The van der Waals surface area contributed by atoms with E-state index in [1.54, 1.807) is 12.1 Å². The Bertz CT molecular complexity index is 522. The average molecular weight is 274 g/mol. The zero-order valence-corrected chi connectivity index (χ0v) is 11.2. The van der Waals surface area contributed by atoms with E-state index in [9.17, 15) is 14.7 Å². The molecule has 0 heterocycles. The molecule has 0 radical (unpaired) electrons. The van der Waals surface area contributed by atoms with Crippen LogP contribution in [-0.4, -0.2) is 22.0 Å². The lowest BCUT2D eigenvalue weighted by atomic mass is 9.84. The molecule has 0 spiro atoms. The monoisotopic (exact) mass is 274 g/mol. The smallest absolute Gasteiger partial charge is 0.376 e. The molecule has 0 aromatic heterocycles. The average Bonchev–Trinajstić information content (AvgIpc) is 2.48. The predicted molar refractivity (Wildman–Crippen MR) is 75.5 cm³/mol. The summed E-state index contributed by atoms with van der Waals surface area (Å²) in [7, 11) is 0. The first-order chi connectivity index (χ1) is 9.58. The van der Waals surface area contributed by atoms with E-state index in [2.05, 4.69) is 0 Å². The fraction of sp³-hybridized carbons (Fsp3) is 0.375. The van der Waals surface area contributed by atoms with Crippen LogP contribution in [0.5, 0.6) is 0 Å². The van der Waals surface area contributed by atoms with Crippen molar-refractivity contribution in [3.8, 4) is 0 Å². The molecule has 1 aromatic carbocycles. The third kappa shape index (κ3) is 3.47. The SMILES string of the molecule is O=C(O)C(=O)/C=C(\O)c1ccc(C2CCCCC2)cc1. The summed E-state index contributed by atoms with van der Waals surface area (Å²) in [6.45, 7) is 0. The number of rotatable bonds is 4. The number of ketones is 1. The number of aliphatic hydroxyl groups is 1. The molecule has 0 unspecified atom stereocenters. The van der Waals surface area contributed by atoms with E-state index in [4.69, 9.17) is 5.11 Å². The molecular formula is C16H18O4. The van der Waals surface area contributed by atoms with Gasteiger partial charge in [0.05, 0.1) is 0 Å². The molecule has 1 aliphatic rings. The number of carboxylic acids is 1. The number of aliphatic carboxylic acids is 1. The molecule has 106 valence electrons. The molecule has 0 amide bonds. The highest BCUT2D eigenvalue weighted by molar-refractivity contribution is 6.38. The third-order valence-electron chi connectivity index (χ3n) is 3.76. The van der Waals surface area contributed by atoms with Crippen molar-refractivity contribution in [3.63, 3.8) is 0 Å². The van der Waals surface area contributed by atoms with Gasteiger partial charge in [-0.1, -0.05) is 43.5 Å². The van der Waals surface area contributed by atoms with Gasteiger partial charge in [0.1, 0.15) is 5.76 Å². The van der Waals surface area contributed by atoms with E-state index in [1.807, 2.05) is 12.1 Å². The first-order valence-corrected chi connectivity index (χ1v) is 6.86. The summed E-state index contributed by atoms with van der Waals surface area (Å²) in [5.41, 5.74) is 1.70. The molecule has 2 N–H and O–H groups in total. The number of hydrogen-bond donors (Lipinski definition) is 2. The van der Waals surface area contributed by atoms with E-state index >= 15 is 0 Å². The Labute approximate surface area is 117 Å². The zero-order valence-electron chi connectivity index (χ0n) is 11.2. The molecular weight excluding hydrogens is 256 g/mol. The quantitative estimate of drug-likeness (QED) is 0.502. The van der Waals surface area contributed by atoms with Crippen LogP contribution in [0.15, 0.2) is 30.3 Å². The molecule has 20 heavy (non-hydrogen) atoms. The Hall–Kier alpha value is -2.10. The number of hydrogen-bond acceptors (Lipinski definition) is 3. The second kappa shape index (κ2) is 6.37. The van der Waals surface area contributed by atoms with Crippen LogP contribution >= 0.6 is 0 Å². The minimum absolute atomic E-state index is 0.312. The highest BCUT2D eigenvalue weighted by Gasteiger charge is 2.16. The Morgan fingerprint density at radius 1 is 1.00 bits per heavy atom. The molecule has 1 aliphatic carbocycles. The van der Waals surface area contributed by atoms with Crippen molar-refractivity contribution < 1.29 is 19.8 Å². The highest BCUT2D eigenvalue weighted by Crippen LogP contribution is 2.32. The number of carbonyl (C=O) groups excluding carboxylic acids is 1. The molecule has 1 aromatic rings. The normalized spacial score (nSPS) is 16.9. The minimum atomic E-state index is -1.57. The second-order valence-electron chi connectivity index (χ2n) is 5.16. The van der Waals surface area contributed by atoms with Gasteiger partial charge in [0.25, 0.3) is 5.78 Å². The van der Waals surface area contributed by atoms with Crippen LogP contribution in [0.25, 0.3) is 5.76 Å². The fourth-order valence-corrected chi connectivity index (χ4v) is 2.63. The Morgan fingerprint density at radius 2 is 1.60 bits per heavy atom. The van der Waals surface area contributed by atoms with Gasteiger partial charge in [-0.15, -0.1) is 0 Å². The molecule has 0 bridgehead atoms. The summed E-state index contributed by atoms with van der Waals surface area (Å²) in [6, 6.07) is 7.34. The van der Waals surface area contributed by atoms with Crippen molar-refractivity contribution in [1.29, 1.82) is 0 Å². The van der Waals surface area contributed by atoms with Crippen LogP contribution in [0.2, 0.25) is 0 Å². The predicted octanol–water partition coefficient (Wildman–Crippen LogP) is 3.29. The Morgan fingerprint density at radius 3 is 2.15 bits per heavy atom. The first kappa shape index (κ1) is 14.3. The van der Waals surface area contributed by atoms with Gasteiger partial charge in [-0.05, 0) is 24.3 Å². The lowest BCUT2D eigenvalue weighted by molar-refractivity contribution is -0.146. The lowest BCUT2D eigenvalue weighted by Gasteiger charge is -2.22. The van der Waals surface area contributed by atoms with Crippen LogP contribution in [0.3, 0.4) is 0 Å². The van der Waals surface area contributed by atoms with Crippen molar-refractivity contribution in [2.45, 2.75) is 38.0 Å². The topological polar surface area (TPSA) is 74.6 Å². The summed E-state index contributed by atoms with van der Waals surface area (Å²) in [4.78, 5) is 21.4. The fourth-order valence-electron chi connectivity index (χ4n) is 2.63. The van der Waals surface area contributed by atoms with E-state index < -0.39 is 11.8 Å². The van der Waals surface area contributed by atoms with Gasteiger partial charge in [0, 0.05) is 11.6 Å². The molecule has 0 saturated heterocycles. The number of carbonyl (C=O) groups is 2. The van der Waals surface area contributed by atoms with Crippen LogP contribution in [0.1, 0.15) is 49.1 Å². The van der Waals surface area contributed by atoms with E-state index in [1.165, 1.54) is 37.7 Å². The van der Waals surface area contributed by atoms with Crippen LogP contribution in [0, 0.1) is 0 Å². The summed E-state index contributed by atoms with van der Waals surface area (Å²) < 4.78 is 0. The van der Waals surface area contributed by atoms with Crippen LogP contribution in [-0.2, 0) is 9.59 Å². The van der Waals surface area contributed by atoms with Crippen molar-refractivity contribution >= 4 is 17.5 Å². The largest absolute Gasteiger partial charge is 0.507 e. The van der Waals surface area contributed by atoms with Crippen molar-refractivity contribution in [3.05, 3.63) is 41.5 Å². The van der Waals surface area contributed by atoms with E-state index in [-0.39, 0.29) is 5.76 Å². The number of aliphatic hydroxyl groups excluding tert-OH is 1. The Balaban J connectivity index is 2.11. The lowest BCUT2D eigenvalue weighted by Crippen LogP contribution is -2.09. The van der Waals surface area contributed by atoms with E-state index in [0.29, 0.717) is 11.5 Å². The maximum absolute atomic E-state index is 11.0. The van der Waals surface area contributed by atoms with Crippen LogP contribution < -0.4 is 0 Å². The molecule has 0 aliphatic heterocycles. The first-order valence-electron chi connectivity index (χ1n) is 6.86. The minimum Gasteiger partial charge on any atom is -0.507 e. The zero-order chi connectivity index (χ0) is 14.5. The molecule has 1 fully saturated rings. The van der Waals surface area contributed by atoms with Gasteiger partial charge in [0.15, 0.2) is 0 Å². The van der Waals surface area contributed by atoms with Gasteiger partial charge in [-0.2, -0.15) is 0 Å². The number of benzene rings is 1. The number of carboxylic acid groups (broad SMARTS) is 1. The molecule has 4 nitrogen and oxygen atoms in total. The summed E-state index contributed by atoms with van der Waals surface area (Å²) in [5, 5.41) is 18.2. The Kier molecular flexibility index (Phi) is 4.56. The van der Waals surface area contributed by atoms with E-state index in [0.717, 1.165) is 6.08 Å². The molecule has 0 atom stereocenters. The molecule has 2 rings (SSSR count). The van der Waals surface area contributed by atoms with Crippen LogP contribution in [0.4, 0.5) is 0 Å². The maximum atomic E-state index is 11.0. The van der Waals surface area contributed by atoms with Gasteiger partial charge in [-0.25, -0.2) is 4.79 Å². The maximum Gasteiger partial charge on any atom is 0.376 e. The van der Waals surface area contributed by atoms with Gasteiger partial charge in [0.2, 0.25) is 0 Å². The standard InChI is InChI=1S/C16H18O4/c17-14(10-15(18)16(19)20)13-8-6-12(7-9-13)11-4-2-1-3-5-11/h6-11,17H,1-5H2,(H,19,20)/b14-10-. The van der Waals surface area contributed by atoms with Crippen molar-refractivity contribution in [1.82, 2.24) is 0 Å². The highest BCUT2D eigenvalue weighted by atomic mass is 16.4. The summed E-state index contributed by atoms with van der Waals surface area (Å²) in [5.74, 6) is -2.44. The van der Waals surface area contributed by atoms with Gasteiger partial charge >= 0.3 is 5.97 Å². The second-order valence-corrected chi connectivity index (χ2v) is 5.16. The van der Waals surface area contributed by atoms with Crippen molar-refractivity contribution in [2.24, 2.45) is 0 Å². The van der Waals surface area contributed by atoms with Gasteiger partial charge < -0.3 is 10.2 Å². The molecule has 4 heteroatoms. The van der Waals surface area contributed by atoms with Gasteiger partial charge in [-0.3, -0.25) is 4.79 Å². The van der Waals surface area contributed by atoms with Crippen molar-refractivity contribution in [2.75, 3.05) is 0 Å².